The summed E-state index contributed by atoms with van der Waals surface area (Å²) in [4.78, 5) is 73.0. The van der Waals surface area contributed by atoms with Crippen molar-refractivity contribution < 1.29 is 80.2 Å². The topological polar surface area (TPSA) is 237 Å². The molecule has 0 spiro atoms. The minimum atomic E-state index is -4.96. The van der Waals surface area contributed by atoms with E-state index in [0.29, 0.717) is 25.7 Å². The van der Waals surface area contributed by atoms with Gasteiger partial charge >= 0.3 is 39.5 Å². The van der Waals surface area contributed by atoms with Crippen molar-refractivity contribution in [3.63, 3.8) is 0 Å². The number of aliphatic hydroxyl groups is 1. The van der Waals surface area contributed by atoms with E-state index in [4.69, 9.17) is 37.0 Å². The normalized spacial score (nSPS) is 13.9. The van der Waals surface area contributed by atoms with Gasteiger partial charge < -0.3 is 33.8 Å². The number of unbranched alkanes of at least 4 members (excludes halogenated alkanes) is 51. The molecule has 0 rings (SSSR count). The Morgan fingerprint density at radius 3 is 0.673 bits per heavy atom. The lowest BCUT2D eigenvalue weighted by Gasteiger charge is -2.21. The van der Waals surface area contributed by atoms with Crippen LogP contribution in [0.15, 0.2) is 0 Å². The zero-order valence-corrected chi connectivity index (χ0v) is 68.0. The number of rotatable bonds is 81. The van der Waals surface area contributed by atoms with E-state index in [1.54, 1.807) is 0 Å². The minimum Gasteiger partial charge on any atom is -0.462 e. The molecule has 3 N–H and O–H groups in total. The van der Waals surface area contributed by atoms with Gasteiger partial charge in [-0.1, -0.05) is 382 Å². The molecule has 0 aromatic carbocycles. The highest BCUT2D eigenvalue weighted by atomic mass is 31.2. The lowest BCUT2D eigenvalue weighted by molar-refractivity contribution is -0.161. The monoisotopic (exact) mass is 1480 g/mol. The smallest absolute Gasteiger partial charge is 0.462 e. The van der Waals surface area contributed by atoms with Crippen molar-refractivity contribution in [2.75, 3.05) is 39.6 Å². The van der Waals surface area contributed by atoms with Crippen LogP contribution in [0.4, 0.5) is 0 Å². The van der Waals surface area contributed by atoms with Gasteiger partial charge in [-0.3, -0.25) is 37.3 Å². The predicted molar refractivity (Wildman–Crippen MR) is 414 cm³/mol. The van der Waals surface area contributed by atoms with E-state index in [2.05, 4.69) is 41.5 Å². The van der Waals surface area contributed by atoms with Crippen LogP contribution >= 0.6 is 15.6 Å². The van der Waals surface area contributed by atoms with Crippen LogP contribution in [0, 0.1) is 11.8 Å². The van der Waals surface area contributed by atoms with Crippen LogP contribution in [0.3, 0.4) is 0 Å². The quantitative estimate of drug-likeness (QED) is 0.0222. The van der Waals surface area contributed by atoms with Crippen LogP contribution in [-0.2, 0) is 65.4 Å². The van der Waals surface area contributed by atoms with Crippen molar-refractivity contribution in [3.05, 3.63) is 0 Å². The molecule has 0 aromatic heterocycles. The summed E-state index contributed by atoms with van der Waals surface area (Å²) in [5.74, 6) is -0.505. The van der Waals surface area contributed by atoms with Gasteiger partial charge in [-0.15, -0.1) is 0 Å². The average molecular weight is 1480 g/mol. The fourth-order valence-electron chi connectivity index (χ4n) is 12.7. The molecule has 5 atom stereocenters. The van der Waals surface area contributed by atoms with E-state index in [9.17, 15) is 43.2 Å². The number of phosphoric ester groups is 2. The molecular weight excluding hydrogens is 1320 g/mol. The molecule has 17 nitrogen and oxygen atoms in total. The highest BCUT2D eigenvalue weighted by molar-refractivity contribution is 7.47. The van der Waals surface area contributed by atoms with E-state index in [-0.39, 0.29) is 25.7 Å². The third-order valence-corrected chi connectivity index (χ3v) is 21.1. The SMILES string of the molecule is CCCCCCCCCCCCCCCCCCCC(=O)O[C@H](COC(=O)CCCCCCCCCCC)COP(=O)(O)OC[C@H](O)COP(=O)(O)OC[C@@H](COC(=O)CCCCCCCCCCCCCCCCC(C)C)OC(=O)CCCCCCCCCCCCCCCCCC(C)C. The molecule has 0 radical (unpaired) electrons. The largest absolute Gasteiger partial charge is 0.472 e. The minimum absolute atomic E-state index is 0.108. The van der Waals surface area contributed by atoms with Crippen molar-refractivity contribution >= 4 is 39.5 Å². The maximum Gasteiger partial charge on any atom is 0.472 e. The standard InChI is InChI=1S/C82H160O17P2/c1-7-9-11-13-15-17-18-19-20-21-24-31-36-42-48-54-60-66-81(86)98-77(70-92-79(84)64-58-52-46-38-16-14-12-10-8-2)72-96-100(88,89)94-68-76(83)69-95-101(90,91)97-73-78(71-93-80(85)65-59-53-47-41-35-30-27-26-29-34-40-45-51-57-63-75(5)6)99-82(87)67-61-55-49-43-37-32-25-22-23-28-33-39-44-50-56-62-74(3)4/h74-78,83H,7-73H2,1-6H3,(H,88,89)(H,90,91)/t76-,77+,78+/m0/s1. The van der Waals surface area contributed by atoms with E-state index >= 15 is 0 Å². The van der Waals surface area contributed by atoms with Gasteiger partial charge in [0.25, 0.3) is 0 Å². The first-order valence-corrected chi connectivity index (χ1v) is 45.5. The predicted octanol–water partition coefficient (Wildman–Crippen LogP) is 24.7. The number of esters is 4. The van der Waals surface area contributed by atoms with Crippen LogP contribution in [0.2, 0.25) is 0 Å². The molecule has 600 valence electrons. The van der Waals surface area contributed by atoms with Gasteiger partial charge in [0, 0.05) is 25.7 Å². The molecule has 19 heteroatoms. The number of hydrogen-bond donors (Lipinski definition) is 3. The molecule has 0 aliphatic heterocycles. The summed E-state index contributed by atoms with van der Waals surface area (Å²) < 4.78 is 68.7. The van der Waals surface area contributed by atoms with Crippen molar-refractivity contribution in [3.8, 4) is 0 Å². The number of aliphatic hydroxyl groups excluding tert-OH is 1. The zero-order chi connectivity index (χ0) is 74.2. The van der Waals surface area contributed by atoms with Crippen LogP contribution < -0.4 is 0 Å². The van der Waals surface area contributed by atoms with Crippen LogP contribution in [0.1, 0.15) is 433 Å². The maximum absolute atomic E-state index is 13.1. The van der Waals surface area contributed by atoms with Gasteiger partial charge in [0.2, 0.25) is 0 Å². The van der Waals surface area contributed by atoms with Crippen LogP contribution in [0.25, 0.3) is 0 Å². The van der Waals surface area contributed by atoms with Crippen molar-refractivity contribution in [1.29, 1.82) is 0 Å². The summed E-state index contributed by atoms with van der Waals surface area (Å²) >= 11 is 0. The Kier molecular flexibility index (Phi) is 72.2. The summed E-state index contributed by atoms with van der Waals surface area (Å²) in [7, 11) is -9.92. The molecule has 0 amide bonds. The Bertz CT molecular complexity index is 1940. The van der Waals surface area contributed by atoms with Gasteiger partial charge in [0.05, 0.1) is 26.4 Å². The number of hydrogen-bond acceptors (Lipinski definition) is 15. The van der Waals surface area contributed by atoms with Crippen LogP contribution in [0.5, 0.6) is 0 Å². The molecule has 0 aromatic rings. The molecule has 0 saturated carbocycles. The van der Waals surface area contributed by atoms with Gasteiger partial charge in [0.1, 0.15) is 19.3 Å². The second-order valence-corrected chi connectivity index (χ2v) is 33.4. The summed E-state index contributed by atoms with van der Waals surface area (Å²) in [6.45, 7) is 9.68. The van der Waals surface area contributed by atoms with E-state index < -0.39 is 97.5 Å². The van der Waals surface area contributed by atoms with Gasteiger partial charge in [0.15, 0.2) is 12.2 Å². The molecule has 101 heavy (non-hydrogen) atoms. The molecule has 0 aliphatic rings. The number of carbonyl (C=O) groups is 4. The highest BCUT2D eigenvalue weighted by Crippen LogP contribution is 2.45. The maximum atomic E-state index is 13.1. The summed E-state index contributed by atoms with van der Waals surface area (Å²) in [5.41, 5.74) is 0. The Labute approximate surface area is 619 Å². The Balaban J connectivity index is 5.22. The summed E-state index contributed by atoms with van der Waals surface area (Å²) in [6.07, 6.45) is 63.8. The third-order valence-electron chi connectivity index (χ3n) is 19.2. The number of carbonyl (C=O) groups excluding carboxylic acids is 4. The Hall–Kier alpha value is -1.94. The first kappa shape index (κ1) is 99.1. The zero-order valence-electron chi connectivity index (χ0n) is 66.2. The fourth-order valence-corrected chi connectivity index (χ4v) is 14.3. The van der Waals surface area contributed by atoms with E-state index in [1.807, 2.05) is 0 Å². The van der Waals surface area contributed by atoms with Crippen molar-refractivity contribution in [1.82, 2.24) is 0 Å². The lowest BCUT2D eigenvalue weighted by atomic mass is 10.0. The lowest BCUT2D eigenvalue weighted by Crippen LogP contribution is -2.30. The third kappa shape index (κ3) is 76.1. The summed E-state index contributed by atoms with van der Waals surface area (Å²) in [6, 6.07) is 0. The molecule has 0 aliphatic carbocycles. The number of ether oxygens (including phenoxy) is 4. The molecule has 0 heterocycles. The second-order valence-electron chi connectivity index (χ2n) is 30.5. The van der Waals surface area contributed by atoms with Gasteiger partial charge in [-0.2, -0.15) is 0 Å². The van der Waals surface area contributed by atoms with E-state index in [0.717, 1.165) is 102 Å². The van der Waals surface area contributed by atoms with Gasteiger partial charge in [-0.25, -0.2) is 9.13 Å². The number of phosphoric acid groups is 2. The molecule has 2 unspecified atom stereocenters. The molecule has 0 bridgehead atoms. The molecular formula is C82H160O17P2. The van der Waals surface area contributed by atoms with Crippen molar-refractivity contribution in [2.24, 2.45) is 11.8 Å². The molecule has 0 saturated heterocycles. The second kappa shape index (κ2) is 73.6. The van der Waals surface area contributed by atoms with Crippen molar-refractivity contribution in [2.45, 2.75) is 452 Å². The Morgan fingerprint density at radius 2 is 0.455 bits per heavy atom. The fraction of sp³-hybridized carbons (Fsp3) is 0.951. The van der Waals surface area contributed by atoms with Crippen LogP contribution in [-0.4, -0.2) is 96.7 Å². The summed E-state index contributed by atoms with van der Waals surface area (Å²) in [5, 5.41) is 10.6. The highest BCUT2D eigenvalue weighted by Gasteiger charge is 2.30. The van der Waals surface area contributed by atoms with Gasteiger partial charge in [-0.05, 0) is 37.5 Å². The first-order valence-electron chi connectivity index (χ1n) is 42.5. The molecule has 0 fully saturated rings. The Morgan fingerprint density at radius 1 is 0.267 bits per heavy atom. The first-order chi connectivity index (χ1) is 48.9. The average Bonchev–Trinajstić information content (AvgIpc) is 0.941. The van der Waals surface area contributed by atoms with E-state index in [1.165, 1.54) is 250 Å².